The summed E-state index contributed by atoms with van der Waals surface area (Å²) in [6, 6.07) is 11.5. The molecule has 1 aliphatic heterocycles. The van der Waals surface area contributed by atoms with E-state index in [2.05, 4.69) is 14.5 Å². The van der Waals surface area contributed by atoms with Crippen LogP contribution in [0.5, 0.6) is 0 Å². The van der Waals surface area contributed by atoms with Crippen LogP contribution in [0.2, 0.25) is 0 Å². The fourth-order valence-electron chi connectivity index (χ4n) is 5.36. The van der Waals surface area contributed by atoms with Crippen LogP contribution in [0.25, 0.3) is 28.3 Å². The third-order valence-corrected chi connectivity index (χ3v) is 7.46. The van der Waals surface area contributed by atoms with E-state index < -0.39 is 17.7 Å². The standard InChI is InChI=1S/C30H26F3N7O2/c1-2-28(42)38-11-9-22(10-12-38)39-17-34-29(18-3-5-20(31)6-4-18)30(39)23-7-8-27-35-21(16-40(27)37-23)15-24(41)19-13-25(32)36-26(33)14-19/h3-8,13-14,16-17,22H,2,9-12,15H2,1H3. The summed E-state index contributed by atoms with van der Waals surface area (Å²) < 4.78 is 44.3. The molecular weight excluding hydrogens is 547 g/mol. The Morgan fingerprint density at radius 3 is 2.36 bits per heavy atom. The molecule has 1 fully saturated rings. The van der Waals surface area contributed by atoms with Gasteiger partial charge in [-0.3, -0.25) is 9.59 Å². The topological polar surface area (TPSA) is 98.3 Å². The van der Waals surface area contributed by atoms with Gasteiger partial charge in [0.15, 0.2) is 11.4 Å². The van der Waals surface area contributed by atoms with Crippen molar-refractivity contribution in [2.45, 2.75) is 38.6 Å². The lowest BCUT2D eigenvalue weighted by Gasteiger charge is -2.33. The van der Waals surface area contributed by atoms with E-state index in [1.165, 1.54) is 12.1 Å². The van der Waals surface area contributed by atoms with E-state index >= 15 is 0 Å². The average molecular weight is 574 g/mol. The van der Waals surface area contributed by atoms with Crippen molar-refractivity contribution in [2.75, 3.05) is 13.1 Å². The number of pyridine rings is 1. The smallest absolute Gasteiger partial charge is 0.222 e. The van der Waals surface area contributed by atoms with Gasteiger partial charge >= 0.3 is 0 Å². The minimum absolute atomic E-state index is 0.0669. The maximum Gasteiger partial charge on any atom is 0.222 e. The number of halogens is 3. The predicted octanol–water partition coefficient (Wildman–Crippen LogP) is 5.07. The van der Waals surface area contributed by atoms with Crippen LogP contribution in [0.15, 0.2) is 61.1 Å². The van der Waals surface area contributed by atoms with Gasteiger partial charge in [0.1, 0.15) is 11.5 Å². The zero-order valence-corrected chi connectivity index (χ0v) is 22.7. The molecule has 1 aliphatic rings. The summed E-state index contributed by atoms with van der Waals surface area (Å²) in [6.07, 6.45) is 5.12. The largest absolute Gasteiger partial charge is 0.343 e. The van der Waals surface area contributed by atoms with E-state index in [1.54, 1.807) is 41.3 Å². The second-order valence-electron chi connectivity index (χ2n) is 10.2. The quantitative estimate of drug-likeness (QED) is 0.199. The number of imidazole rings is 2. The molecule has 1 aromatic carbocycles. The minimum atomic E-state index is -1.07. The number of benzene rings is 1. The van der Waals surface area contributed by atoms with E-state index in [4.69, 9.17) is 10.1 Å². The third kappa shape index (κ3) is 5.39. The number of rotatable bonds is 7. The molecule has 0 saturated carbocycles. The van der Waals surface area contributed by atoms with Crippen molar-refractivity contribution in [1.29, 1.82) is 0 Å². The Morgan fingerprint density at radius 1 is 0.952 bits per heavy atom. The molecule has 214 valence electrons. The number of fused-ring (bicyclic) bond motifs is 1. The van der Waals surface area contributed by atoms with Crippen LogP contribution in [0.4, 0.5) is 13.2 Å². The van der Waals surface area contributed by atoms with Gasteiger partial charge in [0.2, 0.25) is 17.8 Å². The van der Waals surface area contributed by atoms with Crippen molar-refractivity contribution < 1.29 is 22.8 Å². The molecular formula is C30H26F3N7O2. The van der Waals surface area contributed by atoms with Crippen LogP contribution >= 0.6 is 0 Å². The van der Waals surface area contributed by atoms with Gasteiger partial charge in [0.25, 0.3) is 0 Å². The summed E-state index contributed by atoms with van der Waals surface area (Å²) in [4.78, 5) is 39.0. The molecule has 42 heavy (non-hydrogen) atoms. The summed E-state index contributed by atoms with van der Waals surface area (Å²) >= 11 is 0. The molecule has 1 saturated heterocycles. The molecule has 4 aromatic heterocycles. The van der Waals surface area contributed by atoms with Gasteiger partial charge in [-0.1, -0.05) is 6.92 Å². The van der Waals surface area contributed by atoms with Crippen molar-refractivity contribution in [2.24, 2.45) is 0 Å². The summed E-state index contributed by atoms with van der Waals surface area (Å²) in [5.74, 6) is -2.88. The highest BCUT2D eigenvalue weighted by Crippen LogP contribution is 2.35. The van der Waals surface area contributed by atoms with Gasteiger partial charge in [0.05, 0.1) is 36.0 Å². The van der Waals surface area contributed by atoms with E-state index in [1.807, 2.05) is 11.8 Å². The second kappa shape index (κ2) is 11.2. The van der Waals surface area contributed by atoms with Crippen LogP contribution < -0.4 is 0 Å². The summed E-state index contributed by atoms with van der Waals surface area (Å²) in [6.45, 7) is 3.13. The highest BCUT2D eigenvalue weighted by Gasteiger charge is 2.27. The number of amides is 1. The normalized spacial score (nSPS) is 14.0. The molecule has 0 N–H and O–H groups in total. The van der Waals surface area contributed by atoms with Crippen molar-refractivity contribution in [1.82, 2.24) is 34.0 Å². The van der Waals surface area contributed by atoms with E-state index in [-0.39, 0.29) is 29.8 Å². The molecule has 5 aromatic rings. The third-order valence-electron chi connectivity index (χ3n) is 7.46. The monoisotopic (exact) mass is 573 g/mol. The Hall–Kier alpha value is -4.87. The first-order valence-corrected chi connectivity index (χ1v) is 13.6. The zero-order chi connectivity index (χ0) is 29.4. The molecule has 0 unspecified atom stereocenters. The maximum atomic E-state index is 13.7. The lowest BCUT2D eigenvalue weighted by atomic mass is 10.0. The average Bonchev–Trinajstić information content (AvgIpc) is 3.60. The van der Waals surface area contributed by atoms with Gasteiger partial charge in [0, 0.05) is 48.8 Å². The van der Waals surface area contributed by atoms with Gasteiger partial charge in [-0.05, 0) is 49.2 Å². The van der Waals surface area contributed by atoms with Crippen LogP contribution in [0.1, 0.15) is 48.3 Å². The Balaban J connectivity index is 1.34. The number of carbonyl (C=O) groups is 2. The van der Waals surface area contributed by atoms with Crippen LogP contribution in [-0.2, 0) is 11.2 Å². The number of hydrogen-bond acceptors (Lipinski definition) is 6. The Morgan fingerprint density at radius 2 is 1.67 bits per heavy atom. The first kappa shape index (κ1) is 27.3. The van der Waals surface area contributed by atoms with Gasteiger partial charge in [-0.2, -0.15) is 18.9 Å². The van der Waals surface area contributed by atoms with Gasteiger partial charge in [-0.25, -0.2) is 18.9 Å². The lowest BCUT2D eigenvalue weighted by Crippen LogP contribution is -2.38. The molecule has 0 spiro atoms. The van der Waals surface area contributed by atoms with Gasteiger partial charge < -0.3 is 9.47 Å². The molecule has 0 bridgehead atoms. The maximum absolute atomic E-state index is 13.7. The summed E-state index contributed by atoms with van der Waals surface area (Å²) in [7, 11) is 0. The van der Waals surface area contributed by atoms with E-state index in [0.717, 1.165) is 36.2 Å². The molecule has 0 atom stereocenters. The fraction of sp³-hybridized carbons (Fsp3) is 0.267. The van der Waals surface area contributed by atoms with Crippen molar-refractivity contribution in [3.63, 3.8) is 0 Å². The number of aromatic nitrogens is 6. The van der Waals surface area contributed by atoms with E-state index in [9.17, 15) is 22.8 Å². The van der Waals surface area contributed by atoms with Crippen molar-refractivity contribution in [3.05, 3.63) is 90.0 Å². The van der Waals surface area contributed by atoms with Crippen molar-refractivity contribution >= 4 is 17.3 Å². The number of likely N-dealkylation sites (tertiary alicyclic amines) is 1. The first-order valence-electron chi connectivity index (χ1n) is 13.6. The second-order valence-corrected chi connectivity index (χ2v) is 10.2. The zero-order valence-electron chi connectivity index (χ0n) is 22.7. The summed E-state index contributed by atoms with van der Waals surface area (Å²) in [5.41, 5.74) is 3.39. The lowest BCUT2D eigenvalue weighted by molar-refractivity contribution is -0.132. The number of hydrogen-bond donors (Lipinski definition) is 0. The fourth-order valence-corrected chi connectivity index (χ4v) is 5.36. The molecule has 1 amide bonds. The Labute approximate surface area is 238 Å². The number of ketones is 1. The first-order chi connectivity index (χ1) is 20.3. The molecule has 0 aliphatic carbocycles. The predicted molar refractivity (Wildman–Crippen MR) is 147 cm³/mol. The number of carbonyl (C=O) groups excluding carboxylic acids is 2. The SMILES string of the molecule is CCC(=O)N1CCC(n2cnc(-c3ccc(F)cc3)c2-c2ccc3nc(CC(=O)c4cc(F)nc(F)c4)cn3n2)CC1. The summed E-state index contributed by atoms with van der Waals surface area (Å²) in [5, 5.41) is 4.78. The number of Topliss-reactive ketones (excluding diaryl/α,β-unsaturated/α-hetero) is 1. The van der Waals surface area contributed by atoms with Crippen molar-refractivity contribution in [3.8, 4) is 22.6 Å². The molecule has 6 rings (SSSR count). The highest BCUT2D eigenvalue weighted by molar-refractivity contribution is 5.97. The van der Waals surface area contributed by atoms with E-state index in [0.29, 0.717) is 42.2 Å². The van der Waals surface area contributed by atoms with Gasteiger partial charge in [-0.15, -0.1) is 0 Å². The number of nitrogens with zero attached hydrogens (tertiary/aromatic N) is 7. The van der Waals surface area contributed by atoms with Crippen LogP contribution in [0, 0.1) is 17.7 Å². The molecule has 9 nitrogen and oxygen atoms in total. The molecule has 5 heterocycles. The highest BCUT2D eigenvalue weighted by atomic mass is 19.1. The minimum Gasteiger partial charge on any atom is -0.343 e. The molecule has 12 heteroatoms. The molecule has 0 radical (unpaired) electrons. The Kier molecular flexibility index (Phi) is 7.27. The number of piperidine rings is 1. The Bertz CT molecular complexity index is 1770. The van der Waals surface area contributed by atoms with Crippen LogP contribution in [-0.4, -0.2) is 58.8 Å². The van der Waals surface area contributed by atoms with Crippen LogP contribution in [0.3, 0.4) is 0 Å².